The lowest BCUT2D eigenvalue weighted by molar-refractivity contribution is -0.149. The Morgan fingerprint density at radius 2 is 1.59 bits per heavy atom. The van der Waals surface area contributed by atoms with Crippen LogP contribution in [-0.4, -0.2) is 23.0 Å². The number of amides is 3. The van der Waals surface area contributed by atoms with Crippen molar-refractivity contribution in [3.63, 3.8) is 0 Å². The number of hydrazine groups is 1. The lowest BCUT2D eigenvalue weighted by Gasteiger charge is -2.27. The number of benzene rings is 1. The van der Waals surface area contributed by atoms with Crippen LogP contribution in [0.4, 0.5) is 10.5 Å². The number of carbonyl (C=O) groups excluding carboxylic acids is 2. The van der Waals surface area contributed by atoms with Gasteiger partial charge in [-0.05, 0) is 25.0 Å². The Morgan fingerprint density at radius 3 is 2.23 bits per heavy atom. The minimum absolute atomic E-state index is 0.463. The smallest absolute Gasteiger partial charge is 0.337 e. The standard InChI is InChI=1S/C15H19N3O4/c19-13(11-8-4-5-9-12(11)14(20)21)17-18-15(22)16-10-6-2-1-3-7-10/h1-3,6-7,11-12H,4-5,8-9H2,(H,17,19)(H,20,21)(H2,16,18,22)/t11-,12-/m0/s1. The molecule has 0 spiro atoms. The van der Waals surface area contributed by atoms with Crippen LogP contribution in [0.25, 0.3) is 0 Å². The van der Waals surface area contributed by atoms with Crippen LogP contribution in [0.3, 0.4) is 0 Å². The molecule has 1 aromatic carbocycles. The van der Waals surface area contributed by atoms with Gasteiger partial charge in [-0.15, -0.1) is 0 Å². The molecule has 0 saturated heterocycles. The summed E-state index contributed by atoms with van der Waals surface area (Å²) in [5.41, 5.74) is 5.13. The molecule has 0 unspecified atom stereocenters. The second kappa shape index (κ2) is 7.44. The average Bonchev–Trinajstić information content (AvgIpc) is 2.53. The fourth-order valence-corrected chi connectivity index (χ4v) is 2.64. The van der Waals surface area contributed by atoms with Crippen molar-refractivity contribution in [3.05, 3.63) is 30.3 Å². The summed E-state index contributed by atoms with van der Waals surface area (Å²) in [6.45, 7) is 0. The van der Waals surface area contributed by atoms with Crippen LogP contribution in [-0.2, 0) is 9.59 Å². The maximum atomic E-state index is 12.1. The van der Waals surface area contributed by atoms with Gasteiger partial charge < -0.3 is 10.4 Å². The van der Waals surface area contributed by atoms with E-state index in [0.717, 1.165) is 12.8 Å². The highest BCUT2D eigenvalue weighted by Crippen LogP contribution is 2.30. The first-order valence-corrected chi connectivity index (χ1v) is 7.22. The fourth-order valence-electron chi connectivity index (χ4n) is 2.64. The van der Waals surface area contributed by atoms with Crippen LogP contribution in [0.15, 0.2) is 30.3 Å². The Kier molecular flexibility index (Phi) is 5.35. The molecule has 7 heteroatoms. The average molecular weight is 305 g/mol. The molecule has 3 amide bonds. The molecule has 0 aliphatic heterocycles. The van der Waals surface area contributed by atoms with Gasteiger partial charge in [0.05, 0.1) is 11.8 Å². The van der Waals surface area contributed by atoms with Crippen LogP contribution in [0, 0.1) is 11.8 Å². The number of carbonyl (C=O) groups is 3. The maximum Gasteiger partial charge on any atom is 0.337 e. The summed E-state index contributed by atoms with van der Waals surface area (Å²) in [6, 6.07) is 8.20. The van der Waals surface area contributed by atoms with Crippen LogP contribution < -0.4 is 16.2 Å². The van der Waals surface area contributed by atoms with Crippen LogP contribution >= 0.6 is 0 Å². The summed E-state index contributed by atoms with van der Waals surface area (Å²) in [7, 11) is 0. The molecule has 22 heavy (non-hydrogen) atoms. The van der Waals surface area contributed by atoms with E-state index in [9.17, 15) is 14.4 Å². The van der Waals surface area contributed by atoms with Crippen LogP contribution in [0.1, 0.15) is 25.7 Å². The number of rotatable bonds is 3. The first-order chi connectivity index (χ1) is 10.6. The molecule has 2 atom stereocenters. The summed E-state index contributed by atoms with van der Waals surface area (Å²) in [6.07, 6.45) is 2.63. The molecule has 1 aromatic rings. The monoisotopic (exact) mass is 305 g/mol. The maximum absolute atomic E-state index is 12.1. The Labute approximate surface area is 128 Å². The first kappa shape index (κ1) is 15.8. The third kappa shape index (κ3) is 4.21. The van der Waals surface area contributed by atoms with Crippen LogP contribution in [0.2, 0.25) is 0 Å². The third-order valence-electron chi connectivity index (χ3n) is 3.75. The van der Waals surface area contributed by atoms with Crippen molar-refractivity contribution in [3.8, 4) is 0 Å². The van der Waals surface area contributed by atoms with E-state index in [0.29, 0.717) is 18.5 Å². The van der Waals surface area contributed by atoms with E-state index >= 15 is 0 Å². The number of hydrogen-bond donors (Lipinski definition) is 4. The molecule has 1 fully saturated rings. The van der Waals surface area contributed by atoms with E-state index in [4.69, 9.17) is 5.11 Å². The number of carboxylic acids is 1. The van der Waals surface area contributed by atoms with Gasteiger partial charge in [0.2, 0.25) is 5.91 Å². The van der Waals surface area contributed by atoms with Crippen molar-refractivity contribution in [2.75, 3.05) is 5.32 Å². The lowest BCUT2D eigenvalue weighted by atomic mass is 9.79. The van der Waals surface area contributed by atoms with Crippen molar-refractivity contribution < 1.29 is 19.5 Å². The predicted molar refractivity (Wildman–Crippen MR) is 79.8 cm³/mol. The molecule has 1 aliphatic carbocycles. The minimum atomic E-state index is -0.964. The molecular weight excluding hydrogens is 286 g/mol. The van der Waals surface area contributed by atoms with Crippen molar-refractivity contribution >= 4 is 23.6 Å². The predicted octanol–water partition coefficient (Wildman–Crippen LogP) is 1.73. The van der Waals surface area contributed by atoms with E-state index in [1.54, 1.807) is 24.3 Å². The molecule has 1 saturated carbocycles. The zero-order valence-electron chi connectivity index (χ0n) is 12.0. The van der Waals surface area contributed by atoms with Gasteiger partial charge in [-0.25, -0.2) is 10.2 Å². The minimum Gasteiger partial charge on any atom is -0.481 e. The number of anilines is 1. The second-order valence-electron chi connectivity index (χ2n) is 5.27. The quantitative estimate of drug-likeness (QED) is 0.638. The Bertz CT molecular complexity index is 547. The van der Waals surface area contributed by atoms with E-state index in [2.05, 4.69) is 16.2 Å². The number of urea groups is 1. The van der Waals surface area contributed by atoms with E-state index in [1.165, 1.54) is 0 Å². The number of nitrogens with one attached hydrogen (secondary N) is 3. The van der Waals surface area contributed by atoms with Crippen molar-refractivity contribution in [1.82, 2.24) is 10.9 Å². The molecule has 2 rings (SSSR count). The first-order valence-electron chi connectivity index (χ1n) is 7.22. The number of para-hydroxylation sites is 1. The summed E-state index contributed by atoms with van der Waals surface area (Å²) in [5.74, 6) is -2.72. The normalized spacial score (nSPS) is 20.7. The van der Waals surface area contributed by atoms with Gasteiger partial charge in [-0.3, -0.25) is 15.0 Å². The van der Waals surface area contributed by atoms with Crippen molar-refractivity contribution in [1.29, 1.82) is 0 Å². The van der Waals surface area contributed by atoms with Crippen LogP contribution in [0.5, 0.6) is 0 Å². The Balaban J connectivity index is 1.83. The second-order valence-corrected chi connectivity index (χ2v) is 5.27. The number of carboxylic acid groups (broad SMARTS) is 1. The zero-order valence-corrected chi connectivity index (χ0v) is 12.0. The van der Waals surface area contributed by atoms with Gasteiger partial charge >= 0.3 is 12.0 Å². The molecule has 0 aromatic heterocycles. The van der Waals surface area contributed by atoms with Gasteiger partial charge in [0.25, 0.3) is 0 Å². The van der Waals surface area contributed by atoms with Gasteiger partial charge in [0, 0.05) is 5.69 Å². The van der Waals surface area contributed by atoms with Crippen molar-refractivity contribution in [2.24, 2.45) is 11.8 Å². The summed E-state index contributed by atoms with van der Waals surface area (Å²) >= 11 is 0. The largest absolute Gasteiger partial charge is 0.481 e. The fraction of sp³-hybridized carbons (Fsp3) is 0.400. The molecule has 1 aliphatic rings. The van der Waals surface area contributed by atoms with Crippen molar-refractivity contribution in [2.45, 2.75) is 25.7 Å². The van der Waals surface area contributed by atoms with Gasteiger partial charge in [0.15, 0.2) is 0 Å². The highest BCUT2D eigenvalue weighted by Gasteiger charge is 2.35. The highest BCUT2D eigenvalue weighted by atomic mass is 16.4. The lowest BCUT2D eigenvalue weighted by Crippen LogP contribution is -2.49. The Morgan fingerprint density at radius 1 is 0.955 bits per heavy atom. The third-order valence-corrected chi connectivity index (χ3v) is 3.75. The summed E-state index contributed by atoms with van der Waals surface area (Å²) in [4.78, 5) is 34.9. The van der Waals surface area contributed by atoms with E-state index in [-0.39, 0.29) is 0 Å². The van der Waals surface area contributed by atoms with E-state index in [1.807, 2.05) is 6.07 Å². The summed E-state index contributed by atoms with van der Waals surface area (Å²) < 4.78 is 0. The molecule has 0 radical (unpaired) electrons. The number of aliphatic carboxylic acids is 1. The summed E-state index contributed by atoms with van der Waals surface area (Å²) in [5, 5.41) is 11.7. The molecular formula is C15H19N3O4. The number of hydrogen-bond acceptors (Lipinski definition) is 3. The van der Waals surface area contributed by atoms with Gasteiger partial charge in [-0.1, -0.05) is 31.0 Å². The molecule has 4 N–H and O–H groups in total. The molecule has 118 valence electrons. The van der Waals surface area contributed by atoms with Gasteiger partial charge in [-0.2, -0.15) is 0 Å². The topological polar surface area (TPSA) is 108 Å². The Hall–Kier alpha value is -2.57. The van der Waals surface area contributed by atoms with E-state index < -0.39 is 29.7 Å². The molecule has 0 heterocycles. The van der Waals surface area contributed by atoms with Gasteiger partial charge in [0.1, 0.15) is 0 Å². The highest BCUT2D eigenvalue weighted by molar-refractivity contribution is 5.92. The zero-order chi connectivity index (χ0) is 15.9. The molecule has 0 bridgehead atoms. The SMILES string of the molecule is O=C(NNC(=O)[C@H]1CCCC[C@@H]1C(=O)O)Nc1ccccc1. The molecule has 7 nitrogen and oxygen atoms in total.